The second kappa shape index (κ2) is 5.20. The number of aryl methyl sites for hydroxylation is 2. The molecule has 0 spiro atoms. The van der Waals surface area contributed by atoms with E-state index in [0.29, 0.717) is 5.78 Å². The molecular weight excluding hydrogens is 314 g/mol. The maximum Gasteiger partial charge on any atom is 0.253 e. The maximum absolute atomic E-state index is 5.35. The predicted octanol–water partition coefficient (Wildman–Crippen LogP) is 2.28. The molecule has 4 aromatic rings. The van der Waals surface area contributed by atoms with Crippen LogP contribution >= 0.6 is 11.8 Å². The highest BCUT2D eigenvalue weighted by Crippen LogP contribution is 2.30. The summed E-state index contributed by atoms with van der Waals surface area (Å²) in [6.45, 7) is 3.83. The Morgan fingerprint density at radius 1 is 1.22 bits per heavy atom. The van der Waals surface area contributed by atoms with Crippen LogP contribution in [0.3, 0.4) is 0 Å². The van der Waals surface area contributed by atoms with Gasteiger partial charge in [-0.1, -0.05) is 0 Å². The molecule has 0 bridgehead atoms. The van der Waals surface area contributed by atoms with Gasteiger partial charge in [-0.25, -0.2) is 4.98 Å². The van der Waals surface area contributed by atoms with E-state index in [2.05, 4.69) is 25.3 Å². The molecule has 0 saturated carbocycles. The van der Waals surface area contributed by atoms with Gasteiger partial charge in [0.2, 0.25) is 0 Å². The molecule has 0 amide bonds. The van der Waals surface area contributed by atoms with Crippen molar-refractivity contribution in [1.82, 2.24) is 34.3 Å². The zero-order valence-corrected chi connectivity index (χ0v) is 13.6. The predicted molar refractivity (Wildman–Crippen MR) is 83.1 cm³/mol. The highest BCUT2D eigenvalue weighted by molar-refractivity contribution is 7.99. The van der Waals surface area contributed by atoms with E-state index in [0.717, 1.165) is 33.0 Å². The number of rotatable bonds is 3. The lowest BCUT2D eigenvalue weighted by Gasteiger charge is -2.05. The maximum atomic E-state index is 5.35. The molecule has 116 valence electrons. The molecule has 0 fully saturated rings. The Balaban J connectivity index is 1.76. The van der Waals surface area contributed by atoms with Crippen molar-refractivity contribution < 1.29 is 4.42 Å². The van der Waals surface area contributed by atoms with Gasteiger partial charge in [0.1, 0.15) is 17.1 Å². The van der Waals surface area contributed by atoms with E-state index < -0.39 is 0 Å². The molecule has 4 heterocycles. The third kappa shape index (κ3) is 2.29. The number of aromatic nitrogens is 7. The molecule has 0 unspecified atom stereocenters. The van der Waals surface area contributed by atoms with Crippen molar-refractivity contribution in [2.24, 2.45) is 7.05 Å². The fourth-order valence-electron chi connectivity index (χ4n) is 2.32. The molecule has 0 radical (unpaired) electrons. The quantitative estimate of drug-likeness (QED) is 0.533. The van der Waals surface area contributed by atoms with E-state index in [9.17, 15) is 0 Å². The minimum Gasteiger partial charge on any atom is -0.469 e. The Labute approximate surface area is 135 Å². The van der Waals surface area contributed by atoms with Gasteiger partial charge in [-0.2, -0.15) is 14.6 Å². The first-order chi connectivity index (χ1) is 11.1. The molecule has 9 heteroatoms. The number of fused-ring (bicyclic) bond motifs is 1. The molecule has 0 aliphatic rings. The Hall–Kier alpha value is -2.68. The van der Waals surface area contributed by atoms with Crippen LogP contribution in [0, 0.1) is 13.8 Å². The molecule has 4 aromatic heterocycles. The Kier molecular flexibility index (Phi) is 3.15. The molecule has 0 N–H and O–H groups in total. The standard InChI is InChI=1S/C14H13N7OS/c1-8-6-11(21-13(17-8)15-7-16-21)23-14-19-18-12(20(14)3)10-4-5-22-9(10)2/h4-7H,1-3H3. The average molecular weight is 327 g/mol. The normalized spacial score (nSPS) is 11.4. The summed E-state index contributed by atoms with van der Waals surface area (Å²) in [7, 11) is 1.93. The lowest BCUT2D eigenvalue weighted by Crippen LogP contribution is -1.99. The number of furan rings is 1. The first-order valence-electron chi connectivity index (χ1n) is 6.92. The average Bonchev–Trinajstić information content (AvgIpc) is 3.21. The van der Waals surface area contributed by atoms with Gasteiger partial charge in [0.15, 0.2) is 11.0 Å². The zero-order chi connectivity index (χ0) is 16.0. The summed E-state index contributed by atoms with van der Waals surface area (Å²) < 4.78 is 8.97. The summed E-state index contributed by atoms with van der Waals surface area (Å²) in [5.41, 5.74) is 1.81. The van der Waals surface area contributed by atoms with Crippen LogP contribution in [0.15, 0.2) is 39.3 Å². The van der Waals surface area contributed by atoms with Crippen LogP contribution in [-0.4, -0.2) is 34.3 Å². The van der Waals surface area contributed by atoms with Crippen molar-refractivity contribution >= 4 is 17.5 Å². The van der Waals surface area contributed by atoms with Crippen LogP contribution in [0.4, 0.5) is 0 Å². The summed E-state index contributed by atoms with van der Waals surface area (Å²) in [6, 6.07) is 3.84. The van der Waals surface area contributed by atoms with Gasteiger partial charge >= 0.3 is 0 Å². The fraction of sp³-hybridized carbons (Fsp3) is 0.214. The Morgan fingerprint density at radius 3 is 2.87 bits per heavy atom. The van der Waals surface area contributed by atoms with E-state index in [1.807, 2.05) is 37.6 Å². The van der Waals surface area contributed by atoms with Crippen LogP contribution in [-0.2, 0) is 7.05 Å². The topological polar surface area (TPSA) is 86.9 Å². The lowest BCUT2D eigenvalue weighted by atomic mass is 10.2. The monoisotopic (exact) mass is 327 g/mol. The van der Waals surface area contributed by atoms with Crippen LogP contribution in [0.2, 0.25) is 0 Å². The number of hydrogen-bond acceptors (Lipinski definition) is 7. The van der Waals surface area contributed by atoms with E-state index in [4.69, 9.17) is 4.42 Å². The largest absolute Gasteiger partial charge is 0.469 e. The van der Waals surface area contributed by atoms with Gasteiger partial charge in [-0.05, 0) is 37.7 Å². The molecule has 4 rings (SSSR count). The van der Waals surface area contributed by atoms with Crippen LogP contribution < -0.4 is 0 Å². The van der Waals surface area contributed by atoms with Gasteiger partial charge in [-0.15, -0.1) is 10.2 Å². The molecule has 0 atom stereocenters. The van der Waals surface area contributed by atoms with E-state index in [1.165, 1.54) is 18.1 Å². The van der Waals surface area contributed by atoms with Crippen molar-refractivity contribution in [2.75, 3.05) is 0 Å². The van der Waals surface area contributed by atoms with E-state index in [-0.39, 0.29) is 0 Å². The number of nitrogens with zero attached hydrogens (tertiary/aromatic N) is 7. The highest BCUT2D eigenvalue weighted by atomic mass is 32.2. The Bertz CT molecular complexity index is 1000. The fourth-order valence-corrected chi connectivity index (χ4v) is 3.26. The molecule has 0 saturated heterocycles. The van der Waals surface area contributed by atoms with Crippen molar-refractivity contribution in [1.29, 1.82) is 0 Å². The second-order valence-electron chi connectivity index (χ2n) is 5.07. The van der Waals surface area contributed by atoms with Crippen LogP contribution in [0.5, 0.6) is 0 Å². The first-order valence-corrected chi connectivity index (χ1v) is 7.74. The van der Waals surface area contributed by atoms with Gasteiger partial charge < -0.3 is 8.98 Å². The Morgan fingerprint density at radius 2 is 2.09 bits per heavy atom. The molecule has 0 aromatic carbocycles. The second-order valence-corrected chi connectivity index (χ2v) is 6.05. The lowest BCUT2D eigenvalue weighted by molar-refractivity contribution is 0.534. The van der Waals surface area contributed by atoms with Gasteiger partial charge in [-0.3, -0.25) is 0 Å². The van der Waals surface area contributed by atoms with Crippen molar-refractivity contribution in [3.8, 4) is 11.4 Å². The summed E-state index contributed by atoms with van der Waals surface area (Å²) in [6.07, 6.45) is 3.14. The van der Waals surface area contributed by atoms with Gasteiger partial charge in [0.05, 0.1) is 11.8 Å². The molecular formula is C14H13N7OS. The minimum atomic E-state index is 0.570. The highest BCUT2D eigenvalue weighted by Gasteiger charge is 2.17. The smallest absolute Gasteiger partial charge is 0.253 e. The number of hydrogen-bond donors (Lipinski definition) is 0. The molecule has 8 nitrogen and oxygen atoms in total. The van der Waals surface area contributed by atoms with E-state index >= 15 is 0 Å². The summed E-state index contributed by atoms with van der Waals surface area (Å²) in [4.78, 5) is 8.47. The molecule has 0 aliphatic carbocycles. The summed E-state index contributed by atoms with van der Waals surface area (Å²) >= 11 is 1.47. The molecule has 23 heavy (non-hydrogen) atoms. The minimum absolute atomic E-state index is 0.570. The van der Waals surface area contributed by atoms with Crippen LogP contribution in [0.25, 0.3) is 17.2 Å². The summed E-state index contributed by atoms with van der Waals surface area (Å²) in [5, 5.41) is 14.4. The van der Waals surface area contributed by atoms with Crippen LogP contribution in [0.1, 0.15) is 11.5 Å². The van der Waals surface area contributed by atoms with Crippen molar-refractivity contribution in [2.45, 2.75) is 24.0 Å². The third-order valence-electron chi connectivity index (χ3n) is 3.48. The summed E-state index contributed by atoms with van der Waals surface area (Å²) in [5.74, 6) is 2.15. The SMILES string of the molecule is Cc1cc(Sc2nnc(-c3ccoc3C)n2C)n2ncnc2n1. The first kappa shape index (κ1) is 13.9. The van der Waals surface area contributed by atoms with E-state index in [1.54, 1.807) is 10.8 Å². The van der Waals surface area contributed by atoms with Crippen molar-refractivity contribution in [3.63, 3.8) is 0 Å². The van der Waals surface area contributed by atoms with Gasteiger partial charge in [0.25, 0.3) is 5.78 Å². The third-order valence-corrected chi connectivity index (χ3v) is 4.52. The van der Waals surface area contributed by atoms with Crippen molar-refractivity contribution in [3.05, 3.63) is 36.2 Å². The molecule has 0 aliphatic heterocycles. The van der Waals surface area contributed by atoms with Gasteiger partial charge in [0, 0.05) is 12.7 Å². The zero-order valence-electron chi connectivity index (χ0n) is 12.8.